The Balaban J connectivity index is 0.912. The second kappa shape index (κ2) is 19.5. The Morgan fingerprint density at radius 1 is 0.475 bits per heavy atom. The van der Waals surface area contributed by atoms with Gasteiger partial charge in [-0.15, -0.1) is 0 Å². The minimum Gasteiger partial charge on any atom is -0.380 e. The van der Waals surface area contributed by atoms with Crippen LogP contribution in [0.4, 0.5) is 17.1 Å². The average Bonchev–Trinajstić information content (AvgIpc) is 3.26. The molecule has 8 aromatic rings. The number of aromatic nitrogens is 4. The zero-order valence-electron chi connectivity index (χ0n) is 34.7. The SMILES string of the molecule is CN(Cc1ccc(N(C)Cc2ccc(CN(C)Cc3ccccn3)c(CNc3ccnc4cc(Cl)ccc34)c2)cn1)Cc1ccccc1CNc1ccnc2cc(Cl)ccc12. The van der Waals surface area contributed by atoms with Gasteiger partial charge in [0.05, 0.1) is 34.3 Å². The first-order valence-corrected chi connectivity index (χ1v) is 21.2. The molecular formula is C50H49Cl2N9. The number of nitrogens with zero attached hydrogens (tertiary/aromatic N) is 7. The Morgan fingerprint density at radius 2 is 1.07 bits per heavy atom. The molecule has 9 nitrogen and oxygen atoms in total. The lowest BCUT2D eigenvalue weighted by molar-refractivity contribution is 0.314. The Hall–Kier alpha value is -6.10. The highest BCUT2D eigenvalue weighted by Crippen LogP contribution is 2.28. The third-order valence-electron chi connectivity index (χ3n) is 10.9. The van der Waals surface area contributed by atoms with Crippen LogP contribution in [0.1, 0.15) is 39.2 Å². The zero-order chi connectivity index (χ0) is 42.1. The molecule has 0 spiro atoms. The lowest BCUT2D eigenvalue weighted by Gasteiger charge is -2.23. The maximum Gasteiger partial charge on any atom is 0.0737 e. The van der Waals surface area contributed by atoms with E-state index in [2.05, 4.69) is 122 Å². The molecule has 308 valence electrons. The molecule has 61 heavy (non-hydrogen) atoms. The minimum atomic E-state index is 0.661. The van der Waals surface area contributed by atoms with Crippen LogP contribution in [0.15, 0.2) is 146 Å². The van der Waals surface area contributed by atoms with Crippen molar-refractivity contribution in [1.29, 1.82) is 0 Å². The summed E-state index contributed by atoms with van der Waals surface area (Å²) in [5.41, 5.74) is 13.2. The number of nitrogens with one attached hydrogen (secondary N) is 2. The number of hydrogen-bond donors (Lipinski definition) is 2. The van der Waals surface area contributed by atoms with Crippen molar-refractivity contribution < 1.29 is 0 Å². The van der Waals surface area contributed by atoms with Crippen molar-refractivity contribution in [1.82, 2.24) is 29.7 Å². The van der Waals surface area contributed by atoms with E-state index in [4.69, 9.17) is 28.2 Å². The maximum absolute atomic E-state index is 6.29. The maximum atomic E-state index is 6.29. The fraction of sp³-hybridized carbons (Fsp3) is 0.200. The van der Waals surface area contributed by atoms with Gasteiger partial charge in [0.25, 0.3) is 0 Å². The molecule has 0 bridgehead atoms. The Labute approximate surface area is 368 Å². The van der Waals surface area contributed by atoms with E-state index in [-0.39, 0.29) is 0 Å². The molecule has 0 aliphatic rings. The van der Waals surface area contributed by atoms with Gasteiger partial charge in [0.2, 0.25) is 0 Å². The number of halogens is 2. The predicted molar refractivity (Wildman–Crippen MR) is 252 cm³/mol. The van der Waals surface area contributed by atoms with Gasteiger partial charge >= 0.3 is 0 Å². The largest absolute Gasteiger partial charge is 0.380 e. The molecule has 8 rings (SSSR count). The van der Waals surface area contributed by atoms with E-state index in [9.17, 15) is 0 Å². The molecule has 0 amide bonds. The third-order valence-corrected chi connectivity index (χ3v) is 11.3. The highest BCUT2D eigenvalue weighted by Gasteiger charge is 2.13. The van der Waals surface area contributed by atoms with Crippen molar-refractivity contribution in [2.75, 3.05) is 36.7 Å². The molecule has 0 radical (unpaired) electrons. The summed E-state index contributed by atoms with van der Waals surface area (Å²) in [5, 5.41) is 10.8. The first kappa shape index (κ1) is 41.6. The van der Waals surface area contributed by atoms with Gasteiger partial charge in [0, 0.05) is 104 Å². The average molecular weight is 847 g/mol. The molecular weight excluding hydrogens is 798 g/mol. The molecule has 0 fully saturated rings. The molecule has 4 aromatic heterocycles. The van der Waals surface area contributed by atoms with E-state index in [1.54, 1.807) is 0 Å². The highest BCUT2D eigenvalue weighted by molar-refractivity contribution is 6.31. The van der Waals surface area contributed by atoms with Crippen molar-refractivity contribution in [3.05, 3.63) is 195 Å². The highest BCUT2D eigenvalue weighted by atomic mass is 35.5. The molecule has 0 aliphatic heterocycles. The van der Waals surface area contributed by atoms with Crippen molar-refractivity contribution in [2.45, 2.75) is 45.8 Å². The van der Waals surface area contributed by atoms with Crippen LogP contribution in [0, 0.1) is 0 Å². The molecule has 0 saturated carbocycles. The van der Waals surface area contributed by atoms with Crippen molar-refractivity contribution in [2.24, 2.45) is 0 Å². The van der Waals surface area contributed by atoms with Crippen LogP contribution in [0.2, 0.25) is 10.0 Å². The monoisotopic (exact) mass is 845 g/mol. The van der Waals surface area contributed by atoms with Gasteiger partial charge in [-0.05, 0) is 115 Å². The van der Waals surface area contributed by atoms with Gasteiger partial charge in [-0.25, -0.2) is 0 Å². The van der Waals surface area contributed by atoms with Gasteiger partial charge in [-0.2, -0.15) is 0 Å². The quantitative estimate of drug-likeness (QED) is 0.0930. The summed E-state index contributed by atoms with van der Waals surface area (Å²) >= 11 is 12.5. The van der Waals surface area contributed by atoms with Crippen LogP contribution < -0.4 is 15.5 Å². The van der Waals surface area contributed by atoms with E-state index >= 15 is 0 Å². The normalized spacial score (nSPS) is 11.5. The van der Waals surface area contributed by atoms with E-state index in [1.807, 2.05) is 85.5 Å². The van der Waals surface area contributed by atoms with Crippen molar-refractivity contribution >= 4 is 62.1 Å². The smallest absolute Gasteiger partial charge is 0.0737 e. The van der Waals surface area contributed by atoms with E-state index in [0.717, 1.165) is 83.0 Å². The van der Waals surface area contributed by atoms with Gasteiger partial charge < -0.3 is 15.5 Å². The molecule has 4 aromatic carbocycles. The molecule has 11 heteroatoms. The number of hydrogen-bond acceptors (Lipinski definition) is 9. The molecule has 0 saturated heterocycles. The Bertz CT molecular complexity index is 2730. The summed E-state index contributed by atoms with van der Waals surface area (Å²) in [4.78, 5) is 25.3. The van der Waals surface area contributed by atoms with E-state index < -0.39 is 0 Å². The molecule has 4 heterocycles. The van der Waals surface area contributed by atoms with Crippen LogP contribution >= 0.6 is 23.2 Å². The summed E-state index contributed by atoms with van der Waals surface area (Å²) in [7, 11) is 6.41. The number of benzene rings is 4. The molecule has 0 aliphatic carbocycles. The van der Waals surface area contributed by atoms with Crippen LogP contribution in [-0.2, 0) is 45.8 Å². The lowest BCUT2D eigenvalue weighted by atomic mass is 10.0. The number of pyridine rings is 4. The van der Waals surface area contributed by atoms with Crippen molar-refractivity contribution in [3.8, 4) is 0 Å². The number of anilines is 3. The first-order valence-electron chi connectivity index (χ1n) is 20.4. The second-order valence-electron chi connectivity index (χ2n) is 15.6. The topological polar surface area (TPSA) is 85.3 Å². The van der Waals surface area contributed by atoms with Gasteiger partial charge in [0.15, 0.2) is 0 Å². The molecule has 2 N–H and O–H groups in total. The van der Waals surface area contributed by atoms with Crippen LogP contribution in [-0.4, -0.2) is 50.9 Å². The van der Waals surface area contributed by atoms with Crippen LogP contribution in [0.3, 0.4) is 0 Å². The Kier molecular flexibility index (Phi) is 13.3. The fourth-order valence-corrected chi connectivity index (χ4v) is 8.08. The summed E-state index contributed by atoms with van der Waals surface area (Å²) in [6, 6.07) is 41.5. The van der Waals surface area contributed by atoms with Gasteiger partial charge in [-0.3, -0.25) is 29.7 Å². The molecule has 0 unspecified atom stereocenters. The zero-order valence-corrected chi connectivity index (χ0v) is 36.2. The van der Waals surface area contributed by atoms with Crippen molar-refractivity contribution in [3.63, 3.8) is 0 Å². The van der Waals surface area contributed by atoms with E-state index in [0.29, 0.717) is 23.1 Å². The standard InChI is InChI=1S/C50H49Cl2N9/c1-59(31-37-9-5-4-8-36(37)27-57-47-19-22-54-49-25-40(51)13-17-45(47)49)34-43-15-16-44(29-56-43)61(3)30-35-11-12-38(32-60(2)33-42-10-6-7-21-53-42)39(24-35)28-58-48-20-23-55-50-26-41(52)14-18-46(48)50/h4-26,29H,27-28,30-34H2,1-3H3,(H,54,57)(H,55,58). The second-order valence-corrected chi connectivity index (χ2v) is 16.5. The third kappa shape index (κ3) is 10.8. The lowest BCUT2D eigenvalue weighted by Crippen LogP contribution is -2.21. The van der Waals surface area contributed by atoms with Gasteiger partial charge in [-0.1, -0.05) is 71.7 Å². The molecule has 0 atom stereocenters. The number of fused-ring (bicyclic) bond motifs is 2. The van der Waals surface area contributed by atoms with Crippen LogP contribution in [0.25, 0.3) is 21.8 Å². The fourth-order valence-electron chi connectivity index (χ4n) is 7.75. The summed E-state index contributed by atoms with van der Waals surface area (Å²) < 4.78 is 0. The number of rotatable bonds is 17. The van der Waals surface area contributed by atoms with Crippen LogP contribution in [0.5, 0.6) is 0 Å². The Morgan fingerprint density at radius 3 is 1.67 bits per heavy atom. The van der Waals surface area contributed by atoms with E-state index in [1.165, 1.54) is 27.8 Å². The minimum absolute atomic E-state index is 0.661. The summed E-state index contributed by atoms with van der Waals surface area (Å²) in [5.74, 6) is 0. The predicted octanol–water partition coefficient (Wildman–Crippen LogP) is 11.0. The summed E-state index contributed by atoms with van der Waals surface area (Å²) in [6.45, 7) is 5.18. The summed E-state index contributed by atoms with van der Waals surface area (Å²) in [6.07, 6.45) is 7.48. The van der Waals surface area contributed by atoms with Gasteiger partial charge in [0.1, 0.15) is 0 Å². The first-order chi connectivity index (χ1) is 29.7.